The predicted octanol–water partition coefficient (Wildman–Crippen LogP) is 4.45. The van der Waals surface area contributed by atoms with Gasteiger partial charge >= 0.3 is 0 Å². The molecule has 1 aromatic carbocycles. The normalized spacial score (nSPS) is 15.7. The molecule has 4 nitrogen and oxygen atoms in total. The van der Waals surface area contributed by atoms with Crippen molar-refractivity contribution >= 4 is 15.9 Å². The van der Waals surface area contributed by atoms with Gasteiger partial charge in [-0.15, -0.1) is 0 Å². The number of hydrogen-bond donors (Lipinski definition) is 1. The van der Waals surface area contributed by atoms with Crippen molar-refractivity contribution in [1.29, 1.82) is 0 Å². The molecule has 3 rings (SSSR count). The molecular formula is C18H24BrN3O. The van der Waals surface area contributed by atoms with E-state index in [1.165, 1.54) is 32.1 Å². The minimum atomic E-state index is 0.479. The Hall–Kier alpha value is -1.33. The number of ether oxygens (including phenoxy) is 1. The zero-order chi connectivity index (χ0) is 16.1. The maximum Gasteiger partial charge on any atom is 0.212 e. The summed E-state index contributed by atoms with van der Waals surface area (Å²) in [6.45, 7) is 1.34. The second-order valence-corrected chi connectivity index (χ2v) is 7.07. The van der Waals surface area contributed by atoms with Crippen LogP contribution in [0.25, 0.3) is 0 Å². The quantitative estimate of drug-likeness (QED) is 0.807. The molecule has 0 spiro atoms. The summed E-state index contributed by atoms with van der Waals surface area (Å²) in [6.07, 6.45) is 6.32. The molecule has 0 unspecified atom stereocenters. The summed E-state index contributed by atoms with van der Waals surface area (Å²) in [6, 6.07) is 10.8. The fourth-order valence-electron chi connectivity index (χ4n) is 3.17. The van der Waals surface area contributed by atoms with E-state index in [2.05, 4.69) is 44.1 Å². The Morgan fingerprint density at radius 2 is 2.09 bits per heavy atom. The van der Waals surface area contributed by atoms with E-state index >= 15 is 0 Å². The van der Waals surface area contributed by atoms with Crippen molar-refractivity contribution in [2.75, 3.05) is 7.05 Å². The van der Waals surface area contributed by atoms with Gasteiger partial charge in [-0.25, -0.2) is 4.68 Å². The maximum atomic E-state index is 6.11. The van der Waals surface area contributed by atoms with Gasteiger partial charge in [0.1, 0.15) is 6.61 Å². The number of nitrogens with one attached hydrogen (secondary N) is 1. The lowest BCUT2D eigenvalue weighted by molar-refractivity contribution is 0.237. The van der Waals surface area contributed by atoms with Crippen LogP contribution in [0.3, 0.4) is 0 Å². The molecule has 0 atom stereocenters. The van der Waals surface area contributed by atoms with E-state index < -0.39 is 0 Å². The Morgan fingerprint density at radius 1 is 1.26 bits per heavy atom. The van der Waals surface area contributed by atoms with Crippen molar-refractivity contribution in [3.63, 3.8) is 0 Å². The van der Waals surface area contributed by atoms with Crippen LogP contribution < -0.4 is 10.1 Å². The standard InChI is InChI=1S/C18H24BrN3O/c1-20-12-16-11-18(22(21-16)17-8-3-2-4-9-17)23-13-14-6-5-7-15(19)10-14/h5-7,10-11,17,20H,2-4,8-9,12-13H2,1H3. The smallest absolute Gasteiger partial charge is 0.212 e. The number of aromatic nitrogens is 2. The molecule has 1 aromatic heterocycles. The van der Waals surface area contributed by atoms with E-state index in [1.54, 1.807) is 0 Å². The Kier molecular flexibility index (Phi) is 5.73. The maximum absolute atomic E-state index is 6.11. The van der Waals surface area contributed by atoms with Gasteiger partial charge in [-0.3, -0.25) is 0 Å². The van der Waals surface area contributed by atoms with Crippen LogP contribution in [0, 0.1) is 0 Å². The highest BCUT2D eigenvalue weighted by molar-refractivity contribution is 9.10. The van der Waals surface area contributed by atoms with Gasteiger partial charge in [-0.2, -0.15) is 5.10 Å². The molecule has 1 heterocycles. The first-order valence-corrected chi connectivity index (χ1v) is 9.16. The average Bonchev–Trinajstić information content (AvgIpc) is 2.97. The lowest BCUT2D eigenvalue weighted by Gasteiger charge is -2.23. The second-order valence-electron chi connectivity index (χ2n) is 6.16. The van der Waals surface area contributed by atoms with Crippen LogP contribution in [0.5, 0.6) is 5.88 Å². The highest BCUT2D eigenvalue weighted by Gasteiger charge is 2.20. The zero-order valence-corrected chi connectivity index (χ0v) is 15.2. The average molecular weight is 378 g/mol. The fourth-order valence-corrected chi connectivity index (χ4v) is 3.62. The third-order valence-corrected chi connectivity index (χ3v) is 4.80. The summed E-state index contributed by atoms with van der Waals surface area (Å²) in [5.74, 6) is 0.891. The summed E-state index contributed by atoms with van der Waals surface area (Å²) < 4.78 is 9.30. The third kappa shape index (κ3) is 4.36. The largest absolute Gasteiger partial charge is 0.473 e. The molecule has 1 N–H and O–H groups in total. The first-order valence-electron chi connectivity index (χ1n) is 8.36. The van der Waals surface area contributed by atoms with E-state index in [0.29, 0.717) is 12.6 Å². The van der Waals surface area contributed by atoms with Crippen molar-refractivity contribution in [2.45, 2.75) is 51.3 Å². The Balaban J connectivity index is 1.75. The Morgan fingerprint density at radius 3 is 2.83 bits per heavy atom. The predicted molar refractivity (Wildman–Crippen MR) is 95.6 cm³/mol. The van der Waals surface area contributed by atoms with E-state index in [-0.39, 0.29) is 0 Å². The fraction of sp³-hybridized carbons (Fsp3) is 0.500. The monoisotopic (exact) mass is 377 g/mol. The van der Waals surface area contributed by atoms with Crippen molar-refractivity contribution in [2.24, 2.45) is 0 Å². The van der Waals surface area contributed by atoms with Gasteiger partial charge < -0.3 is 10.1 Å². The van der Waals surface area contributed by atoms with Crippen LogP contribution in [0.15, 0.2) is 34.8 Å². The highest BCUT2D eigenvalue weighted by atomic mass is 79.9. The molecule has 124 valence electrons. The molecule has 0 amide bonds. The SMILES string of the molecule is CNCc1cc(OCc2cccc(Br)c2)n(C2CCCCC2)n1. The number of nitrogens with zero attached hydrogens (tertiary/aromatic N) is 2. The lowest BCUT2D eigenvalue weighted by Crippen LogP contribution is -2.16. The minimum Gasteiger partial charge on any atom is -0.473 e. The highest BCUT2D eigenvalue weighted by Crippen LogP contribution is 2.32. The Bertz CT molecular complexity index is 635. The van der Waals surface area contributed by atoms with Crippen LogP contribution in [0.1, 0.15) is 49.4 Å². The van der Waals surface area contributed by atoms with E-state index in [0.717, 1.165) is 28.2 Å². The van der Waals surface area contributed by atoms with Gasteiger partial charge in [0.2, 0.25) is 5.88 Å². The van der Waals surface area contributed by atoms with E-state index in [9.17, 15) is 0 Å². The lowest BCUT2D eigenvalue weighted by atomic mass is 9.96. The molecule has 0 saturated heterocycles. The molecule has 1 fully saturated rings. The molecule has 1 aliphatic rings. The van der Waals surface area contributed by atoms with E-state index in [1.807, 2.05) is 19.2 Å². The molecule has 0 radical (unpaired) electrons. The van der Waals surface area contributed by atoms with Crippen molar-refractivity contribution in [1.82, 2.24) is 15.1 Å². The number of halogens is 1. The molecule has 0 bridgehead atoms. The summed E-state index contributed by atoms with van der Waals surface area (Å²) in [4.78, 5) is 0. The summed E-state index contributed by atoms with van der Waals surface area (Å²) >= 11 is 3.51. The van der Waals surface area contributed by atoms with Crippen molar-refractivity contribution in [3.05, 3.63) is 46.1 Å². The molecule has 5 heteroatoms. The van der Waals surface area contributed by atoms with Crippen LogP contribution in [-0.4, -0.2) is 16.8 Å². The zero-order valence-electron chi connectivity index (χ0n) is 13.6. The van der Waals surface area contributed by atoms with E-state index in [4.69, 9.17) is 9.84 Å². The number of benzene rings is 1. The van der Waals surface area contributed by atoms with Gasteiger partial charge in [0, 0.05) is 17.1 Å². The summed E-state index contributed by atoms with van der Waals surface area (Å²) in [7, 11) is 1.95. The molecule has 1 saturated carbocycles. The van der Waals surface area contributed by atoms with Gasteiger partial charge in [-0.1, -0.05) is 47.3 Å². The van der Waals surface area contributed by atoms with Crippen LogP contribution >= 0.6 is 15.9 Å². The van der Waals surface area contributed by atoms with Crippen LogP contribution in [0.4, 0.5) is 0 Å². The Labute approximate surface area is 146 Å². The molecule has 1 aliphatic carbocycles. The third-order valence-electron chi connectivity index (χ3n) is 4.31. The molecule has 0 aliphatic heterocycles. The van der Waals surface area contributed by atoms with Gasteiger partial charge in [0.25, 0.3) is 0 Å². The second kappa shape index (κ2) is 7.97. The number of rotatable bonds is 6. The van der Waals surface area contributed by atoms with Gasteiger partial charge in [0.15, 0.2) is 0 Å². The summed E-state index contributed by atoms with van der Waals surface area (Å²) in [5, 5.41) is 7.94. The first kappa shape index (κ1) is 16.5. The van der Waals surface area contributed by atoms with Gasteiger partial charge in [0.05, 0.1) is 11.7 Å². The van der Waals surface area contributed by atoms with Crippen LogP contribution in [0.2, 0.25) is 0 Å². The topological polar surface area (TPSA) is 39.1 Å². The summed E-state index contributed by atoms with van der Waals surface area (Å²) in [5.41, 5.74) is 2.20. The van der Waals surface area contributed by atoms with Crippen molar-refractivity contribution in [3.8, 4) is 5.88 Å². The van der Waals surface area contributed by atoms with Crippen LogP contribution in [-0.2, 0) is 13.2 Å². The van der Waals surface area contributed by atoms with Gasteiger partial charge in [-0.05, 0) is 37.6 Å². The molecular weight excluding hydrogens is 354 g/mol. The molecule has 2 aromatic rings. The number of hydrogen-bond acceptors (Lipinski definition) is 3. The van der Waals surface area contributed by atoms with Crippen molar-refractivity contribution < 1.29 is 4.74 Å². The first-order chi connectivity index (χ1) is 11.3. The molecule has 23 heavy (non-hydrogen) atoms. The minimum absolute atomic E-state index is 0.479.